The van der Waals surface area contributed by atoms with Gasteiger partial charge in [0.1, 0.15) is 0 Å². The number of halogens is 4. The van der Waals surface area contributed by atoms with Gasteiger partial charge in [-0.2, -0.15) is 13.2 Å². The van der Waals surface area contributed by atoms with Gasteiger partial charge in [-0.25, -0.2) is 0 Å². The molecule has 0 aromatic carbocycles. The molecule has 0 bridgehead atoms. The predicted octanol–water partition coefficient (Wildman–Crippen LogP) is 2.90. The summed E-state index contributed by atoms with van der Waals surface area (Å²) in [6.45, 7) is -0.0250. The number of carbonyl (C=O) groups is 1. The molecule has 1 atom stereocenters. The van der Waals surface area contributed by atoms with E-state index in [1.165, 1.54) is 18.4 Å². The number of thiophene rings is 1. The van der Waals surface area contributed by atoms with Crippen LogP contribution in [0.2, 0.25) is 4.34 Å². The summed E-state index contributed by atoms with van der Waals surface area (Å²) < 4.78 is 40.3. The van der Waals surface area contributed by atoms with E-state index in [-0.39, 0.29) is 26.1 Å². The smallest absolute Gasteiger partial charge is 0.340 e. The van der Waals surface area contributed by atoms with Gasteiger partial charge >= 0.3 is 6.18 Å². The second kappa shape index (κ2) is 5.54. The van der Waals surface area contributed by atoms with E-state index in [4.69, 9.17) is 11.6 Å². The molecule has 1 N–H and O–H groups in total. The first-order chi connectivity index (χ1) is 9.26. The van der Waals surface area contributed by atoms with Gasteiger partial charge in [-0.05, 0) is 25.1 Å². The van der Waals surface area contributed by atoms with Crippen molar-refractivity contribution >= 4 is 28.8 Å². The number of carbonyl (C=O) groups excluding carboxylic acids is 1. The first-order valence-corrected chi connectivity index (χ1v) is 7.23. The van der Waals surface area contributed by atoms with E-state index in [0.29, 0.717) is 4.34 Å². The molecule has 0 radical (unpaired) electrons. The van der Waals surface area contributed by atoms with Crippen LogP contribution in [-0.2, 0) is 11.3 Å². The number of nitrogens with zero attached hydrogens (tertiary/aromatic N) is 1. The topological polar surface area (TPSA) is 32.3 Å². The molecule has 20 heavy (non-hydrogen) atoms. The maximum atomic E-state index is 13.3. The van der Waals surface area contributed by atoms with Crippen molar-refractivity contribution in [2.45, 2.75) is 19.1 Å². The van der Waals surface area contributed by atoms with Crippen molar-refractivity contribution in [1.82, 2.24) is 10.2 Å². The first kappa shape index (κ1) is 15.6. The standard InChI is InChI=1S/C12H14ClF3N2OS/c1-18(6-8-2-3-9(13)20-8)10(19)11(12(14,15)16)4-5-17-7-11/h2-3,17H,4-7H2,1H3. The Morgan fingerprint density at radius 3 is 2.70 bits per heavy atom. The Bertz CT molecular complexity index is 497. The lowest BCUT2D eigenvalue weighted by molar-refractivity contribution is -0.221. The molecule has 1 fully saturated rings. The highest BCUT2D eigenvalue weighted by Crippen LogP contribution is 2.44. The maximum Gasteiger partial charge on any atom is 0.404 e. The van der Waals surface area contributed by atoms with Crippen molar-refractivity contribution in [3.8, 4) is 0 Å². The molecular weight excluding hydrogens is 313 g/mol. The molecule has 1 saturated heterocycles. The average Bonchev–Trinajstić information content (AvgIpc) is 2.97. The van der Waals surface area contributed by atoms with Gasteiger partial charge in [-0.15, -0.1) is 11.3 Å². The van der Waals surface area contributed by atoms with Crippen LogP contribution in [0.1, 0.15) is 11.3 Å². The predicted molar refractivity (Wildman–Crippen MR) is 71.8 cm³/mol. The average molecular weight is 327 g/mol. The molecule has 2 rings (SSSR count). The minimum Gasteiger partial charge on any atom is -0.340 e. The summed E-state index contributed by atoms with van der Waals surface area (Å²) in [5.41, 5.74) is -2.30. The Morgan fingerprint density at radius 2 is 2.25 bits per heavy atom. The number of amides is 1. The summed E-state index contributed by atoms with van der Waals surface area (Å²) in [6.07, 6.45) is -4.76. The molecule has 2 heterocycles. The van der Waals surface area contributed by atoms with Crippen LogP contribution < -0.4 is 5.32 Å². The van der Waals surface area contributed by atoms with Crippen molar-refractivity contribution in [3.63, 3.8) is 0 Å². The number of nitrogens with one attached hydrogen (secondary N) is 1. The van der Waals surface area contributed by atoms with E-state index in [9.17, 15) is 18.0 Å². The van der Waals surface area contributed by atoms with E-state index in [1.54, 1.807) is 12.1 Å². The summed E-state index contributed by atoms with van der Waals surface area (Å²) in [5.74, 6) is -0.889. The highest BCUT2D eigenvalue weighted by atomic mass is 35.5. The number of hydrogen-bond acceptors (Lipinski definition) is 3. The molecule has 0 saturated carbocycles. The third-order valence-electron chi connectivity index (χ3n) is 3.48. The molecule has 1 unspecified atom stereocenters. The first-order valence-electron chi connectivity index (χ1n) is 6.03. The fourth-order valence-corrected chi connectivity index (χ4v) is 3.49. The van der Waals surface area contributed by atoms with Crippen LogP contribution in [0.15, 0.2) is 12.1 Å². The Hall–Kier alpha value is -0.790. The van der Waals surface area contributed by atoms with Gasteiger partial charge in [-0.1, -0.05) is 11.6 Å². The van der Waals surface area contributed by atoms with Crippen LogP contribution in [0.25, 0.3) is 0 Å². The third kappa shape index (κ3) is 2.80. The van der Waals surface area contributed by atoms with Crippen LogP contribution in [0.5, 0.6) is 0 Å². The third-order valence-corrected chi connectivity index (χ3v) is 4.69. The van der Waals surface area contributed by atoms with Gasteiger partial charge in [0.25, 0.3) is 0 Å². The molecular formula is C12H14ClF3N2OS. The van der Waals surface area contributed by atoms with E-state index < -0.39 is 17.5 Å². The van der Waals surface area contributed by atoms with Gasteiger partial charge in [0, 0.05) is 18.5 Å². The molecule has 1 aromatic heterocycles. The van der Waals surface area contributed by atoms with Crippen molar-refractivity contribution in [1.29, 1.82) is 0 Å². The zero-order valence-electron chi connectivity index (χ0n) is 10.8. The lowest BCUT2D eigenvalue weighted by Gasteiger charge is -2.33. The summed E-state index contributed by atoms with van der Waals surface area (Å²) in [7, 11) is 1.39. The molecule has 3 nitrogen and oxygen atoms in total. The van der Waals surface area contributed by atoms with Crippen molar-refractivity contribution < 1.29 is 18.0 Å². The summed E-state index contributed by atoms with van der Waals surface area (Å²) in [4.78, 5) is 14.1. The minimum absolute atomic E-state index is 0.133. The van der Waals surface area contributed by atoms with Gasteiger partial charge in [-0.3, -0.25) is 4.79 Å². The van der Waals surface area contributed by atoms with E-state index in [2.05, 4.69) is 5.32 Å². The normalized spacial score (nSPS) is 23.1. The van der Waals surface area contributed by atoms with Crippen molar-refractivity contribution in [3.05, 3.63) is 21.3 Å². The number of rotatable bonds is 3. The van der Waals surface area contributed by atoms with Crippen molar-refractivity contribution in [2.75, 3.05) is 20.1 Å². The zero-order valence-corrected chi connectivity index (χ0v) is 12.3. The van der Waals surface area contributed by atoms with Crippen LogP contribution in [0.3, 0.4) is 0 Å². The van der Waals surface area contributed by atoms with Gasteiger partial charge in [0.15, 0.2) is 5.41 Å². The summed E-state index contributed by atoms with van der Waals surface area (Å²) in [5, 5.41) is 2.64. The van der Waals surface area contributed by atoms with Crippen LogP contribution >= 0.6 is 22.9 Å². The fourth-order valence-electron chi connectivity index (χ4n) is 2.35. The quantitative estimate of drug-likeness (QED) is 0.926. The Kier molecular flexibility index (Phi) is 4.32. The molecule has 1 aliphatic rings. The fraction of sp³-hybridized carbons (Fsp3) is 0.583. The van der Waals surface area contributed by atoms with E-state index in [0.717, 1.165) is 9.78 Å². The van der Waals surface area contributed by atoms with Crippen LogP contribution in [0.4, 0.5) is 13.2 Å². The van der Waals surface area contributed by atoms with Crippen LogP contribution in [0, 0.1) is 5.41 Å². The molecule has 0 spiro atoms. The van der Waals surface area contributed by atoms with E-state index >= 15 is 0 Å². The highest BCUT2D eigenvalue weighted by Gasteiger charge is 2.62. The summed E-state index contributed by atoms with van der Waals surface area (Å²) >= 11 is 7.03. The molecule has 1 amide bonds. The molecule has 0 aliphatic carbocycles. The number of hydrogen-bond donors (Lipinski definition) is 1. The van der Waals surface area contributed by atoms with Gasteiger partial charge in [0.2, 0.25) is 5.91 Å². The SMILES string of the molecule is CN(Cc1ccc(Cl)s1)C(=O)C1(C(F)(F)F)CCNC1. The zero-order chi connectivity index (χ0) is 15.0. The summed E-state index contributed by atoms with van der Waals surface area (Å²) in [6, 6.07) is 3.38. The highest BCUT2D eigenvalue weighted by molar-refractivity contribution is 7.16. The monoisotopic (exact) mass is 326 g/mol. The second-order valence-electron chi connectivity index (χ2n) is 4.87. The van der Waals surface area contributed by atoms with Crippen molar-refractivity contribution in [2.24, 2.45) is 5.41 Å². The minimum atomic E-state index is -4.55. The van der Waals surface area contributed by atoms with Gasteiger partial charge < -0.3 is 10.2 Å². The molecule has 1 aromatic rings. The molecule has 8 heteroatoms. The second-order valence-corrected chi connectivity index (χ2v) is 6.67. The Balaban J connectivity index is 2.16. The molecule has 1 aliphatic heterocycles. The van der Waals surface area contributed by atoms with Crippen LogP contribution in [-0.4, -0.2) is 37.1 Å². The van der Waals surface area contributed by atoms with E-state index in [1.807, 2.05) is 0 Å². The molecule has 112 valence electrons. The Morgan fingerprint density at radius 1 is 1.55 bits per heavy atom. The largest absolute Gasteiger partial charge is 0.404 e. The lowest BCUT2D eigenvalue weighted by atomic mass is 9.84. The Labute approximate surface area is 123 Å². The maximum absolute atomic E-state index is 13.3. The van der Waals surface area contributed by atoms with Gasteiger partial charge in [0.05, 0.1) is 10.9 Å². The number of alkyl halides is 3. The lowest BCUT2D eigenvalue weighted by Crippen LogP contribution is -2.52.